The lowest BCUT2D eigenvalue weighted by atomic mass is 10.1. The Morgan fingerprint density at radius 3 is 2.31 bits per heavy atom. The summed E-state index contributed by atoms with van der Waals surface area (Å²) in [5, 5.41) is 0. The van der Waals surface area contributed by atoms with Crippen molar-refractivity contribution < 1.29 is 0 Å². The van der Waals surface area contributed by atoms with Gasteiger partial charge in [0.25, 0.3) is 0 Å². The predicted octanol–water partition coefficient (Wildman–Crippen LogP) is 2.76. The summed E-state index contributed by atoms with van der Waals surface area (Å²) < 4.78 is 0. The molecule has 3 nitrogen and oxygen atoms in total. The molecule has 86 valence electrons. The number of hydrogen-bond acceptors (Lipinski definition) is 3. The molecular weight excluding hydrogens is 245 g/mol. The second-order valence-corrected chi connectivity index (χ2v) is 3.06. The number of halogens is 2. The van der Waals surface area contributed by atoms with E-state index in [4.69, 9.17) is 11.5 Å². The second kappa shape index (κ2) is 6.20. The number of benzene rings is 1. The summed E-state index contributed by atoms with van der Waals surface area (Å²) in [7, 11) is 0. The van der Waals surface area contributed by atoms with Crippen LogP contribution in [0.3, 0.4) is 0 Å². The minimum atomic E-state index is 0. The summed E-state index contributed by atoms with van der Waals surface area (Å²) in [5.41, 5.74) is 14.6. The topological polar surface area (TPSA) is 64.9 Å². The Bertz CT molecular complexity index is 446. The van der Waals surface area contributed by atoms with Crippen molar-refractivity contribution in [3.8, 4) is 11.3 Å². The van der Waals surface area contributed by atoms with Gasteiger partial charge in [0.15, 0.2) is 0 Å². The maximum absolute atomic E-state index is 5.83. The first-order valence-electron chi connectivity index (χ1n) is 4.34. The van der Waals surface area contributed by atoms with Crippen LogP contribution in [0.15, 0.2) is 42.6 Å². The summed E-state index contributed by atoms with van der Waals surface area (Å²) in [4.78, 5) is 4.22. The number of rotatable bonds is 1. The van der Waals surface area contributed by atoms with Crippen molar-refractivity contribution in [2.75, 3.05) is 11.5 Å². The molecule has 1 heterocycles. The van der Waals surface area contributed by atoms with E-state index in [1.54, 1.807) is 18.3 Å². The third-order valence-corrected chi connectivity index (χ3v) is 2.02. The van der Waals surface area contributed by atoms with Gasteiger partial charge in [-0.15, -0.1) is 24.8 Å². The van der Waals surface area contributed by atoms with E-state index in [2.05, 4.69) is 4.98 Å². The Labute approximate surface area is 107 Å². The molecule has 0 amide bonds. The summed E-state index contributed by atoms with van der Waals surface area (Å²) in [6.45, 7) is 0. The standard InChI is InChI=1S/C11H11N3.2ClH/c12-8-4-5-10(13)9(7-8)11-3-1-2-6-14-11;;/h1-7H,12-13H2;2*1H. The van der Waals surface area contributed by atoms with E-state index < -0.39 is 0 Å². The molecule has 0 radical (unpaired) electrons. The molecule has 2 rings (SSSR count). The fourth-order valence-electron chi connectivity index (χ4n) is 1.32. The van der Waals surface area contributed by atoms with Crippen molar-refractivity contribution >= 4 is 36.2 Å². The minimum absolute atomic E-state index is 0. The Morgan fingerprint density at radius 2 is 1.69 bits per heavy atom. The molecule has 16 heavy (non-hydrogen) atoms. The smallest absolute Gasteiger partial charge is 0.0723 e. The minimum Gasteiger partial charge on any atom is -0.399 e. The maximum atomic E-state index is 5.83. The first kappa shape index (κ1) is 14.6. The molecule has 5 heteroatoms. The van der Waals surface area contributed by atoms with Gasteiger partial charge in [0.1, 0.15) is 0 Å². The zero-order valence-electron chi connectivity index (χ0n) is 8.46. The van der Waals surface area contributed by atoms with Crippen LogP contribution in [0, 0.1) is 0 Å². The molecular formula is C11H13Cl2N3. The normalized spacial score (nSPS) is 8.75. The van der Waals surface area contributed by atoms with Crippen LogP contribution in [0.1, 0.15) is 0 Å². The third kappa shape index (κ3) is 3.02. The summed E-state index contributed by atoms with van der Waals surface area (Å²) in [6.07, 6.45) is 1.73. The first-order valence-corrected chi connectivity index (χ1v) is 4.34. The highest BCUT2D eigenvalue weighted by molar-refractivity contribution is 5.85. The van der Waals surface area contributed by atoms with Crippen LogP contribution in [0.4, 0.5) is 11.4 Å². The van der Waals surface area contributed by atoms with Gasteiger partial charge in [-0.25, -0.2) is 0 Å². The number of aromatic nitrogens is 1. The van der Waals surface area contributed by atoms with Crippen LogP contribution < -0.4 is 11.5 Å². The van der Waals surface area contributed by atoms with Gasteiger partial charge in [-0.05, 0) is 30.3 Å². The number of anilines is 2. The van der Waals surface area contributed by atoms with Crippen LogP contribution in [0.5, 0.6) is 0 Å². The van der Waals surface area contributed by atoms with E-state index in [0.29, 0.717) is 11.4 Å². The molecule has 1 aromatic carbocycles. The number of pyridine rings is 1. The van der Waals surface area contributed by atoms with Crippen molar-refractivity contribution in [1.29, 1.82) is 0 Å². The van der Waals surface area contributed by atoms with Crippen molar-refractivity contribution in [1.82, 2.24) is 4.98 Å². The highest BCUT2D eigenvalue weighted by Gasteiger charge is 2.02. The van der Waals surface area contributed by atoms with Gasteiger partial charge in [0, 0.05) is 23.1 Å². The van der Waals surface area contributed by atoms with Crippen molar-refractivity contribution in [3.05, 3.63) is 42.6 Å². The summed E-state index contributed by atoms with van der Waals surface area (Å²) in [5.74, 6) is 0. The Hall–Kier alpha value is -1.45. The Balaban J connectivity index is 0.00000112. The fourth-order valence-corrected chi connectivity index (χ4v) is 1.32. The van der Waals surface area contributed by atoms with Gasteiger partial charge >= 0.3 is 0 Å². The molecule has 0 unspecified atom stereocenters. The molecule has 1 aromatic heterocycles. The van der Waals surface area contributed by atoms with E-state index in [9.17, 15) is 0 Å². The third-order valence-electron chi connectivity index (χ3n) is 2.02. The van der Waals surface area contributed by atoms with Crippen LogP contribution >= 0.6 is 24.8 Å². The average Bonchev–Trinajstić information content (AvgIpc) is 2.23. The van der Waals surface area contributed by atoms with Gasteiger partial charge in [-0.1, -0.05) is 6.07 Å². The number of nitrogens with zero attached hydrogens (tertiary/aromatic N) is 1. The summed E-state index contributed by atoms with van der Waals surface area (Å²) in [6, 6.07) is 11.1. The Morgan fingerprint density at radius 1 is 0.938 bits per heavy atom. The van der Waals surface area contributed by atoms with Crippen LogP contribution in [-0.4, -0.2) is 4.98 Å². The molecule has 0 aliphatic rings. The molecule has 0 saturated carbocycles. The lowest BCUT2D eigenvalue weighted by molar-refractivity contribution is 1.33. The van der Waals surface area contributed by atoms with Crippen LogP contribution in [0.2, 0.25) is 0 Å². The van der Waals surface area contributed by atoms with E-state index in [1.165, 1.54) is 0 Å². The Kier molecular flexibility index (Phi) is 5.64. The highest BCUT2D eigenvalue weighted by Crippen LogP contribution is 2.25. The lowest BCUT2D eigenvalue weighted by Gasteiger charge is -2.05. The number of nitrogens with two attached hydrogens (primary N) is 2. The largest absolute Gasteiger partial charge is 0.399 e. The quantitative estimate of drug-likeness (QED) is 0.773. The molecule has 4 N–H and O–H groups in total. The zero-order valence-corrected chi connectivity index (χ0v) is 10.1. The van der Waals surface area contributed by atoms with Gasteiger partial charge in [0.05, 0.1) is 5.69 Å². The number of nitrogen functional groups attached to an aromatic ring is 2. The second-order valence-electron chi connectivity index (χ2n) is 3.06. The van der Waals surface area contributed by atoms with E-state index in [1.807, 2.05) is 24.3 Å². The number of hydrogen-bond donors (Lipinski definition) is 2. The lowest BCUT2D eigenvalue weighted by Crippen LogP contribution is -1.93. The molecule has 0 aliphatic heterocycles. The molecule has 0 spiro atoms. The van der Waals surface area contributed by atoms with Crippen molar-refractivity contribution in [3.63, 3.8) is 0 Å². The molecule has 0 aliphatic carbocycles. The molecule has 0 atom stereocenters. The monoisotopic (exact) mass is 257 g/mol. The van der Waals surface area contributed by atoms with Crippen LogP contribution in [-0.2, 0) is 0 Å². The zero-order chi connectivity index (χ0) is 9.97. The van der Waals surface area contributed by atoms with Gasteiger partial charge < -0.3 is 11.5 Å². The molecule has 0 fully saturated rings. The molecule has 0 bridgehead atoms. The van der Waals surface area contributed by atoms with Gasteiger partial charge in [0.2, 0.25) is 0 Å². The first-order chi connectivity index (χ1) is 6.77. The SMILES string of the molecule is Cl.Cl.Nc1ccc(N)c(-c2ccccn2)c1. The van der Waals surface area contributed by atoms with E-state index in [-0.39, 0.29) is 24.8 Å². The van der Waals surface area contributed by atoms with Crippen molar-refractivity contribution in [2.45, 2.75) is 0 Å². The highest BCUT2D eigenvalue weighted by atomic mass is 35.5. The van der Waals surface area contributed by atoms with Gasteiger partial charge in [-0.2, -0.15) is 0 Å². The fraction of sp³-hybridized carbons (Fsp3) is 0. The average molecular weight is 258 g/mol. The van der Waals surface area contributed by atoms with E-state index in [0.717, 1.165) is 11.3 Å². The van der Waals surface area contributed by atoms with E-state index >= 15 is 0 Å². The molecule has 0 saturated heterocycles. The predicted molar refractivity (Wildman–Crippen MR) is 73.0 cm³/mol. The molecule has 2 aromatic rings. The summed E-state index contributed by atoms with van der Waals surface area (Å²) >= 11 is 0. The maximum Gasteiger partial charge on any atom is 0.0723 e. The van der Waals surface area contributed by atoms with Crippen molar-refractivity contribution in [2.24, 2.45) is 0 Å². The van der Waals surface area contributed by atoms with Crippen LogP contribution in [0.25, 0.3) is 11.3 Å². The van der Waals surface area contributed by atoms with Gasteiger partial charge in [-0.3, -0.25) is 4.98 Å².